The first-order chi connectivity index (χ1) is 15.6. The lowest BCUT2D eigenvalue weighted by Gasteiger charge is -2.35. The number of ketones is 1. The molecule has 2 fully saturated rings. The number of carbonyl (C=O) groups is 3. The third-order valence-corrected chi connectivity index (χ3v) is 7.46. The summed E-state index contributed by atoms with van der Waals surface area (Å²) in [4.78, 5) is 44.4. The van der Waals surface area contributed by atoms with E-state index in [2.05, 4.69) is 0 Å². The van der Waals surface area contributed by atoms with E-state index in [-0.39, 0.29) is 11.7 Å². The van der Waals surface area contributed by atoms with Gasteiger partial charge >= 0.3 is 0 Å². The van der Waals surface area contributed by atoms with Crippen LogP contribution in [0.15, 0.2) is 72.2 Å². The number of benzene rings is 2. The Bertz CT molecular complexity index is 1280. The lowest BCUT2D eigenvalue weighted by molar-refractivity contribution is -0.123. The van der Waals surface area contributed by atoms with E-state index in [1.54, 1.807) is 12.1 Å². The van der Waals surface area contributed by atoms with Crippen molar-refractivity contribution in [2.75, 3.05) is 4.90 Å². The highest BCUT2D eigenvalue weighted by molar-refractivity contribution is 7.12. The summed E-state index contributed by atoms with van der Waals surface area (Å²) in [5.41, 5.74) is 2.22. The highest BCUT2D eigenvalue weighted by Gasteiger charge is 2.64. The van der Waals surface area contributed by atoms with Gasteiger partial charge in [0, 0.05) is 6.20 Å². The molecular weight excluding hydrogens is 427 g/mol. The Balaban J connectivity index is 1.50. The van der Waals surface area contributed by atoms with Gasteiger partial charge in [-0.25, -0.2) is 9.29 Å². The van der Waals surface area contributed by atoms with Gasteiger partial charge in [0.1, 0.15) is 11.9 Å². The minimum absolute atomic E-state index is 0.163. The number of nitrogens with zero attached hydrogens (tertiary/aromatic N) is 2. The molecule has 1 aromatic heterocycles. The number of fused-ring (bicyclic) bond motifs is 5. The van der Waals surface area contributed by atoms with Crippen LogP contribution in [0.4, 0.5) is 10.1 Å². The van der Waals surface area contributed by atoms with Gasteiger partial charge in [-0.15, -0.1) is 11.3 Å². The second kappa shape index (κ2) is 6.97. The molecule has 5 nitrogen and oxygen atoms in total. The van der Waals surface area contributed by atoms with Gasteiger partial charge in [-0.2, -0.15) is 0 Å². The normalized spacial score (nSPS) is 25.7. The van der Waals surface area contributed by atoms with Gasteiger partial charge in [0.2, 0.25) is 11.8 Å². The van der Waals surface area contributed by atoms with Gasteiger partial charge < -0.3 is 4.90 Å². The summed E-state index contributed by atoms with van der Waals surface area (Å²) in [6.45, 7) is 0. The van der Waals surface area contributed by atoms with Crippen LogP contribution in [0.3, 0.4) is 0 Å². The van der Waals surface area contributed by atoms with Crippen LogP contribution in [-0.2, 0) is 9.59 Å². The van der Waals surface area contributed by atoms with Crippen molar-refractivity contribution in [1.29, 1.82) is 0 Å². The van der Waals surface area contributed by atoms with Crippen LogP contribution in [0.1, 0.15) is 26.8 Å². The summed E-state index contributed by atoms with van der Waals surface area (Å²) < 4.78 is 13.5. The highest BCUT2D eigenvalue weighted by Crippen LogP contribution is 2.53. The number of anilines is 1. The predicted molar refractivity (Wildman–Crippen MR) is 118 cm³/mol. The zero-order valence-corrected chi connectivity index (χ0v) is 17.5. The number of hydrogen-bond donors (Lipinski definition) is 0. The summed E-state index contributed by atoms with van der Waals surface area (Å²) in [6, 6.07) is 15.4. The maximum atomic E-state index is 13.7. The largest absolute Gasteiger partial charge is 0.358 e. The van der Waals surface area contributed by atoms with Crippen LogP contribution >= 0.6 is 11.3 Å². The van der Waals surface area contributed by atoms with Gasteiger partial charge in [-0.1, -0.05) is 30.3 Å². The number of Topliss-reactive ketones (excluding diaryl/α,β-unsaturated/α-hetero) is 1. The molecule has 2 amide bonds. The van der Waals surface area contributed by atoms with Gasteiger partial charge in [0.05, 0.1) is 28.4 Å². The first-order valence-corrected chi connectivity index (χ1v) is 11.2. The second-order valence-electron chi connectivity index (χ2n) is 8.16. The molecule has 2 aromatic carbocycles. The van der Waals surface area contributed by atoms with Crippen molar-refractivity contribution in [2.24, 2.45) is 11.8 Å². The van der Waals surface area contributed by atoms with E-state index in [9.17, 15) is 18.8 Å². The van der Waals surface area contributed by atoms with Crippen molar-refractivity contribution in [3.8, 4) is 0 Å². The monoisotopic (exact) mass is 444 g/mol. The molecule has 0 spiro atoms. The number of carbonyl (C=O) groups excluding carboxylic acids is 3. The third kappa shape index (κ3) is 2.58. The molecule has 0 saturated carbocycles. The molecule has 0 N–H and O–H groups in total. The lowest BCUT2D eigenvalue weighted by Crippen LogP contribution is -2.44. The summed E-state index contributed by atoms with van der Waals surface area (Å²) in [5, 5.41) is 1.82. The van der Waals surface area contributed by atoms with Crippen LogP contribution in [0, 0.1) is 17.7 Å². The molecule has 4 atom stereocenters. The number of hydrogen-bond acceptors (Lipinski definition) is 5. The van der Waals surface area contributed by atoms with E-state index in [0.717, 1.165) is 16.0 Å². The van der Waals surface area contributed by atoms with Crippen LogP contribution in [0.2, 0.25) is 0 Å². The molecule has 3 aliphatic rings. The van der Waals surface area contributed by atoms with E-state index >= 15 is 0 Å². The summed E-state index contributed by atoms with van der Waals surface area (Å²) in [5.74, 6) is -2.90. The molecule has 3 aliphatic heterocycles. The van der Waals surface area contributed by atoms with E-state index in [0.29, 0.717) is 10.6 Å². The average molecular weight is 444 g/mol. The molecular formula is C25H17FN2O3S. The van der Waals surface area contributed by atoms with Gasteiger partial charge in [0.25, 0.3) is 0 Å². The smallest absolute Gasteiger partial charge is 0.240 e. The van der Waals surface area contributed by atoms with Crippen molar-refractivity contribution < 1.29 is 18.8 Å². The molecule has 32 heavy (non-hydrogen) atoms. The minimum Gasteiger partial charge on any atom is -0.358 e. The molecule has 0 aliphatic carbocycles. The standard InChI is InChI=1S/C25H17FN2O3S/c26-15-7-9-16(10-8-15)28-24(30)19-20(25(28)31)22(23(29)18-6-3-13-32-18)27-12-11-14-4-1-2-5-17(14)21(19)27/h1-13,19-22H/t19-,20-,21-,22+/m0/s1. The van der Waals surface area contributed by atoms with Crippen LogP contribution < -0.4 is 4.90 Å². The Morgan fingerprint density at radius 2 is 1.66 bits per heavy atom. The van der Waals surface area contributed by atoms with Crippen LogP contribution in [0.25, 0.3) is 6.08 Å². The zero-order valence-electron chi connectivity index (χ0n) is 16.7. The van der Waals surface area contributed by atoms with Crippen molar-refractivity contribution >= 4 is 40.7 Å². The Labute approximate surface area is 187 Å². The SMILES string of the molecule is O=C(c1cccs1)[C@H]1[C@H]2C(=O)N(c3ccc(F)cc3)C(=O)[C@@H]2[C@@H]2c3ccccc3C=CN12. The van der Waals surface area contributed by atoms with Gasteiger partial charge in [-0.05, 0) is 52.9 Å². The predicted octanol–water partition coefficient (Wildman–Crippen LogP) is 4.29. The third-order valence-electron chi connectivity index (χ3n) is 6.58. The fraction of sp³-hybridized carbons (Fsp3) is 0.160. The minimum atomic E-state index is -0.817. The fourth-order valence-corrected chi connectivity index (χ4v) is 5.96. The van der Waals surface area contributed by atoms with Crippen molar-refractivity contribution in [3.63, 3.8) is 0 Å². The van der Waals surface area contributed by atoms with Crippen molar-refractivity contribution in [1.82, 2.24) is 4.90 Å². The summed E-state index contributed by atoms with van der Waals surface area (Å²) in [7, 11) is 0. The summed E-state index contributed by atoms with van der Waals surface area (Å²) >= 11 is 1.33. The lowest BCUT2D eigenvalue weighted by atomic mass is 9.84. The van der Waals surface area contributed by atoms with Crippen molar-refractivity contribution in [3.05, 3.63) is 94.1 Å². The van der Waals surface area contributed by atoms with Crippen molar-refractivity contribution in [2.45, 2.75) is 12.1 Å². The van der Waals surface area contributed by atoms with E-state index in [4.69, 9.17) is 0 Å². The Hall–Kier alpha value is -3.58. The summed E-state index contributed by atoms with van der Waals surface area (Å²) in [6.07, 6.45) is 3.76. The van der Waals surface area contributed by atoms with Crippen LogP contribution in [0.5, 0.6) is 0 Å². The Morgan fingerprint density at radius 3 is 2.41 bits per heavy atom. The Kier molecular flexibility index (Phi) is 4.16. The van der Waals surface area contributed by atoms with E-state index in [1.807, 2.05) is 46.8 Å². The molecule has 0 bridgehead atoms. The quantitative estimate of drug-likeness (QED) is 0.447. The van der Waals surface area contributed by atoms with E-state index < -0.39 is 35.6 Å². The molecule has 7 heteroatoms. The molecule has 3 aromatic rings. The number of halogens is 1. The molecule has 6 rings (SSSR count). The van der Waals surface area contributed by atoms with E-state index in [1.165, 1.54) is 35.6 Å². The second-order valence-corrected chi connectivity index (χ2v) is 9.11. The number of thiophene rings is 1. The number of rotatable bonds is 3. The first kappa shape index (κ1) is 19.1. The zero-order chi connectivity index (χ0) is 22.0. The number of imide groups is 1. The highest BCUT2D eigenvalue weighted by atomic mass is 32.1. The molecule has 2 saturated heterocycles. The molecule has 0 radical (unpaired) electrons. The fourth-order valence-electron chi connectivity index (χ4n) is 5.27. The van der Waals surface area contributed by atoms with Gasteiger partial charge in [-0.3, -0.25) is 14.4 Å². The molecule has 158 valence electrons. The maximum absolute atomic E-state index is 13.7. The Morgan fingerprint density at radius 1 is 0.906 bits per heavy atom. The van der Waals surface area contributed by atoms with Crippen LogP contribution in [-0.4, -0.2) is 28.5 Å². The molecule has 0 unspecified atom stereocenters. The molecule has 4 heterocycles. The number of amides is 2. The van der Waals surface area contributed by atoms with Gasteiger partial charge in [0.15, 0.2) is 5.78 Å². The maximum Gasteiger partial charge on any atom is 0.240 e. The topological polar surface area (TPSA) is 57.7 Å². The first-order valence-electron chi connectivity index (χ1n) is 10.3. The average Bonchev–Trinajstić information content (AvgIpc) is 3.51.